The van der Waals surface area contributed by atoms with Crippen molar-refractivity contribution < 1.29 is 0 Å². The minimum atomic E-state index is 0.844. The Hall–Kier alpha value is -1.07. The number of aryl methyl sites for hydroxylation is 2. The fraction of sp³-hybridized carbons (Fsp3) is 0.385. The molecule has 0 radical (unpaired) electrons. The summed E-state index contributed by atoms with van der Waals surface area (Å²) in [6, 6.07) is 8.10. The van der Waals surface area contributed by atoms with E-state index in [1.807, 2.05) is 18.2 Å². The van der Waals surface area contributed by atoms with Gasteiger partial charge in [0.1, 0.15) is 5.82 Å². The molecule has 2 aromatic rings. The van der Waals surface area contributed by atoms with Crippen LogP contribution in [0.4, 0.5) is 5.69 Å². The monoisotopic (exact) mass is 279 g/mol. The number of hydrogen-bond acceptors (Lipinski definition) is 5. The molecule has 0 saturated carbocycles. The minimum Gasteiger partial charge on any atom is -0.399 e. The maximum absolute atomic E-state index is 5.75. The molecular formula is C13H17N3S2. The second kappa shape index (κ2) is 6.75. The van der Waals surface area contributed by atoms with E-state index in [1.54, 1.807) is 11.8 Å². The molecule has 96 valence electrons. The largest absolute Gasteiger partial charge is 0.399 e. The SMILES string of the molecule is CCc1nsc(SCCCc2cccc(N)c2)n1. The van der Waals surface area contributed by atoms with E-state index in [0.29, 0.717) is 0 Å². The van der Waals surface area contributed by atoms with Gasteiger partial charge in [0, 0.05) is 17.9 Å². The first-order valence-electron chi connectivity index (χ1n) is 6.07. The van der Waals surface area contributed by atoms with Crippen LogP contribution in [-0.4, -0.2) is 15.1 Å². The zero-order valence-electron chi connectivity index (χ0n) is 10.4. The molecule has 0 spiro atoms. The molecule has 3 nitrogen and oxygen atoms in total. The number of anilines is 1. The third kappa shape index (κ3) is 3.99. The van der Waals surface area contributed by atoms with Gasteiger partial charge in [-0.15, -0.1) is 0 Å². The lowest BCUT2D eigenvalue weighted by Crippen LogP contribution is -1.90. The predicted molar refractivity (Wildman–Crippen MR) is 79.2 cm³/mol. The normalized spacial score (nSPS) is 10.7. The van der Waals surface area contributed by atoms with E-state index < -0.39 is 0 Å². The Morgan fingerprint density at radius 3 is 3.00 bits per heavy atom. The van der Waals surface area contributed by atoms with Crippen LogP contribution in [-0.2, 0) is 12.8 Å². The van der Waals surface area contributed by atoms with E-state index in [9.17, 15) is 0 Å². The highest BCUT2D eigenvalue weighted by Gasteiger charge is 2.02. The molecule has 0 bridgehead atoms. The van der Waals surface area contributed by atoms with Crippen LogP contribution in [0.15, 0.2) is 28.6 Å². The average molecular weight is 279 g/mol. The summed E-state index contributed by atoms with van der Waals surface area (Å²) >= 11 is 3.30. The molecule has 1 aromatic carbocycles. The molecule has 18 heavy (non-hydrogen) atoms. The summed E-state index contributed by atoms with van der Waals surface area (Å²) in [6.07, 6.45) is 3.12. The maximum Gasteiger partial charge on any atom is 0.170 e. The Kier molecular flexibility index (Phi) is 5.01. The van der Waals surface area contributed by atoms with Gasteiger partial charge in [0.15, 0.2) is 4.34 Å². The molecule has 0 aliphatic heterocycles. The summed E-state index contributed by atoms with van der Waals surface area (Å²) in [7, 11) is 0. The summed E-state index contributed by atoms with van der Waals surface area (Å²) in [6.45, 7) is 2.08. The summed E-state index contributed by atoms with van der Waals surface area (Å²) in [5.41, 5.74) is 7.90. The highest BCUT2D eigenvalue weighted by Crippen LogP contribution is 2.21. The highest BCUT2D eigenvalue weighted by atomic mass is 32.2. The van der Waals surface area contributed by atoms with Crippen LogP contribution < -0.4 is 5.73 Å². The van der Waals surface area contributed by atoms with E-state index in [-0.39, 0.29) is 0 Å². The van der Waals surface area contributed by atoms with Crippen molar-refractivity contribution >= 4 is 29.0 Å². The fourth-order valence-electron chi connectivity index (χ4n) is 1.62. The van der Waals surface area contributed by atoms with Gasteiger partial charge in [-0.1, -0.05) is 30.8 Å². The fourth-order valence-corrected chi connectivity index (χ4v) is 3.33. The Bertz CT molecular complexity index is 496. The van der Waals surface area contributed by atoms with Crippen LogP contribution >= 0.6 is 23.3 Å². The van der Waals surface area contributed by atoms with E-state index in [2.05, 4.69) is 22.3 Å². The number of thioether (sulfide) groups is 1. The van der Waals surface area contributed by atoms with E-state index in [0.717, 1.165) is 40.9 Å². The first kappa shape index (κ1) is 13.4. The van der Waals surface area contributed by atoms with Gasteiger partial charge in [-0.2, -0.15) is 4.37 Å². The topological polar surface area (TPSA) is 51.8 Å². The number of benzene rings is 1. The lowest BCUT2D eigenvalue weighted by molar-refractivity contribution is 0.930. The summed E-state index contributed by atoms with van der Waals surface area (Å²) in [5, 5.41) is 0. The molecule has 2 rings (SSSR count). The smallest absolute Gasteiger partial charge is 0.170 e. The van der Waals surface area contributed by atoms with Crippen molar-refractivity contribution in [1.29, 1.82) is 0 Å². The van der Waals surface area contributed by atoms with Crippen LogP contribution in [0.5, 0.6) is 0 Å². The van der Waals surface area contributed by atoms with E-state index >= 15 is 0 Å². The highest BCUT2D eigenvalue weighted by molar-refractivity contribution is 8.00. The molecule has 0 saturated heterocycles. The second-order valence-corrected chi connectivity index (χ2v) is 6.12. The van der Waals surface area contributed by atoms with E-state index in [4.69, 9.17) is 5.73 Å². The van der Waals surface area contributed by atoms with Crippen molar-refractivity contribution in [2.75, 3.05) is 11.5 Å². The Morgan fingerprint density at radius 1 is 1.39 bits per heavy atom. The molecular weight excluding hydrogens is 262 g/mol. The lowest BCUT2D eigenvalue weighted by Gasteiger charge is -2.01. The molecule has 0 amide bonds. The van der Waals surface area contributed by atoms with Crippen molar-refractivity contribution in [3.05, 3.63) is 35.7 Å². The molecule has 2 N–H and O–H groups in total. The molecule has 0 aliphatic rings. The number of rotatable bonds is 6. The lowest BCUT2D eigenvalue weighted by atomic mass is 10.1. The number of nitrogen functional groups attached to an aromatic ring is 1. The Labute approximate surface area is 116 Å². The molecule has 0 aliphatic carbocycles. The van der Waals surface area contributed by atoms with E-state index in [1.165, 1.54) is 17.1 Å². The molecule has 0 atom stereocenters. The number of nitrogens with zero attached hydrogens (tertiary/aromatic N) is 2. The van der Waals surface area contributed by atoms with Crippen LogP contribution in [0.1, 0.15) is 24.7 Å². The summed E-state index contributed by atoms with van der Waals surface area (Å²) < 4.78 is 5.36. The van der Waals surface area contributed by atoms with Gasteiger partial charge in [-0.3, -0.25) is 0 Å². The predicted octanol–water partition coefficient (Wildman–Crippen LogP) is 3.41. The van der Waals surface area contributed by atoms with Gasteiger partial charge >= 0.3 is 0 Å². The third-order valence-corrected chi connectivity index (χ3v) is 4.51. The quantitative estimate of drug-likeness (QED) is 0.500. The van der Waals surface area contributed by atoms with Crippen LogP contribution in [0.25, 0.3) is 0 Å². The summed E-state index contributed by atoms with van der Waals surface area (Å²) in [5.74, 6) is 2.03. The molecule has 5 heteroatoms. The van der Waals surface area contributed by atoms with Crippen LogP contribution in [0.3, 0.4) is 0 Å². The Morgan fingerprint density at radius 2 is 2.28 bits per heavy atom. The maximum atomic E-state index is 5.75. The zero-order chi connectivity index (χ0) is 12.8. The van der Waals surface area contributed by atoms with Crippen LogP contribution in [0, 0.1) is 0 Å². The minimum absolute atomic E-state index is 0.844. The first-order chi connectivity index (χ1) is 8.78. The number of aromatic nitrogens is 2. The first-order valence-corrected chi connectivity index (χ1v) is 7.83. The van der Waals surface area contributed by atoms with Crippen molar-refractivity contribution in [1.82, 2.24) is 9.36 Å². The van der Waals surface area contributed by atoms with Crippen molar-refractivity contribution in [2.45, 2.75) is 30.5 Å². The van der Waals surface area contributed by atoms with Gasteiger partial charge in [0.2, 0.25) is 0 Å². The number of nitrogens with two attached hydrogens (primary N) is 1. The Balaban J connectivity index is 1.72. The molecule has 1 aromatic heterocycles. The van der Waals surface area contributed by atoms with Crippen molar-refractivity contribution in [2.24, 2.45) is 0 Å². The summed E-state index contributed by atoms with van der Waals surface area (Å²) in [4.78, 5) is 4.44. The van der Waals surface area contributed by atoms with Crippen molar-refractivity contribution in [3.8, 4) is 0 Å². The third-order valence-electron chi connectivity index (χ3n) is 2.55. The van der Waals surface area contributed by atoms with Crippen LogP contribution in [0.2, 0.25) is 0 Å². The molecule has 1 heterocycles. The standard InChI is InChI=1S/C13H17N3S2/c1-2-12-15-13(18-16-12)17-8-4-6-10-5-3-7-11(14)9-10/h3,5,7,9H,2,4,6,8,14H2,1H3. The average Bonchev–Trinajstić information content (AvgIpc) is 2.83. The molecule has 0 unspecified atom stereocenters. The van der Waals surface area contributed by atoms with Gasteiger partial charge in [-0.25, -0.2) is 4.98 Å². The van der Waals surface area contributed by atoms with Gasteiger partial charge < -0.3 is 5.73 Å². The van der Waals surface area contributed by atoms with Crippen molar-refractivity contribution in [3.63, 3.8) is 0 Å². The van der Waals surface area contributed by atoms with Gasteiger partial charge in [-0.05, 0) is 42.1 Å². The number of hydrogen-bond donors (Lipinski definition) is 1. The zero-order valence-corrected chi connectivity index (χ0v) is 12.1. The molecule has 0 fully saturated rings. The van der Waals surface area contributed by atoms with Gasteiger partial charge in [0.25, 0.3) is 0 Å². The van der Waals surface area contributed by atoms with Gasteiger partial charge in [0.05, 0.1) is 0 Å². The second-order valence-electron chi connectivity index (χ2n) is 4.03.